The van der Waals surface area contributed by atoms with Crippen molar-refractivity contribution in [3.8, 4) is 0 Å². The Kier molecular flexibility index (Phi) is 13.7. The van der Waals surface area contributed by atoms with Gasteiger partial charge in [-0.15, -0.1) is 12.4 Å². The van der Waals surface area contributed by atoms with Gasteiger partial charge in [0.2, 0.25) is 0 Å². The van der Waals surface area contributed by atoms with E-state index in [2.05, 4.69) is 15.8 Å². The molecule has 0 aliphatic carbocycles. The zero-order valence-electron chi connectivity index (χ0n) is 17.6. The molecule has 0 radical (unpaired) electrons. The third-order valence-electron chi connectivity index (χ3n) is 2.79. The second-order valence-corrected chi connectivity index (χ2v) is 7.83. The molecule has 9 heteroatoms. The molecule has 0 saturated carbocycles. The van der Waals surface area contributed by atoms with Gasteiger partial charge in [0.25, 0.3) is 0 Å². The molecule has 0 aromatic carbocycles. The maximum absolute atomic E-state index is 12.4. The molecule has 0 unspecified atom stereocenters. The van der Waals surface area contributed by atoms with Crippen LogP contribution in [0.2, 0.25) is 0 Å². The van der Waals surface area contributed by atoms with E-state index in [0.717, 1.165) is 12.8 Å². The summed E-state index contributed by atoms with van der Waals surface area (Å²) in [6.07, 6.45) is 2.84. The lowest BCUT2D eigenvalue weighted by Crippen LogP contribution is -2.46. The Bertz CT molecular complexity index is 459. The van der Waals surface area contributed by atoms with E-state index < -0.39 is 29.3 Å². The van der Waals surface area contributed by atoms with Crippen LogP contribution in [0.1, 0.15) is 67.7 Å². The van der Waals surface area contributed by atoms with Gasteiger partial charge in [0.15, 0.2) is 0 Å². The SMILES string of the molecule is CCO/N=C/NCCCC[C@H](NC(=O)OC(C)(C)C)C(=O)OC(C)(C)C.Cl. The first-order valence-electron chi connectivity index (χ1n) is 9.04. The molecule has 0 saturated heterocycles. The highest BCUT2D eigenvalue weighted by Crippen LogP contribution is 2.13. The monoisotopic (exact) mass is 409 g/mol. The Morgan fingerprint density at radius 3 is 2.15 bits per heavy atom. The number of nitrogens with one attached hydrogen (secondary N) is 2. The van der Waals surface area contributed by atoms with Crippen LogP contribution >= 0.6 is 12.4 Å². The molecule has 0 heterocycles. The van der Waals surface area contributed by atoms with Gasteiger partial charge in [-0.25, -0.2) is 9.59 Å². The summed E-state index contributed by atoms with van der Waals surface area (Å²) in [6.45, 7) is 13.7. The van der Waals surface area contributed by atoms with Gasteiger partial charge in [-0.1, -0.05) is 5.16 Å². The topological polar surface area (TPSA) is 98.3 Å². The normalized spacial score (nSPS) is 12.7. The summed E-state index contributed by atoms with van der Waals surface area (Å²) in [5.74, 6) is -0.464. The van der Waals surface area contributed by atoms with Crippen LogP contribution in [-0.4, -0.2) is 48.8 Å². The highest BCUT2D eigenvalue weighted by Gasteiger charge is 2.28. The van der Waals surface area contributed by atoms with E-state index in [1.807, 2.05) is 6.92 Å². The van der Waals surface area contributed by atoms with E-state index in [4.69, 9.17) is 14.3 Å². The molecule has 0 aromatic heterocycles. The summed E-state index contributed by atoms with van der Waals surface area (Å²) in [5.41, 5.74) is -1.26. The first-order valence-corrected chi connectivity index (χ1v) is 9.04. The van der Waals surface area contributed by atoms with Crippen LogP contribution in [0.4, 0.5) is 4.79 Å². The number of nitrogens with zero attached hydrogens (tertiary/aromatic N) is 1. The quantitative estimate of drug-likeness (QED) is 0.189. The zero-order valence-corrected chi connectivity index (χ0v) is 18.4. The maximum atomic E-state index is 12.4. The molecule has 0 aliphatic rings. The number of hydrogen-bond acceptors (Lipinski definition) is 6. The number of esters is 1. The van der Waals surface area contributed by atoms with Crippen LogP contribution in [0.25, 0.3) is 0 Å². The highest BCUT2D eigenvalue weighted by molar-refractivity contribution is 5.85. The van der Waals surface area contributed by atoms with Crippen molar-refractivity contribution in [2.24, 2.45) is 5.16 Å². The van der Waals surface area contributed by atoms with E-state index in [0.29, 0.717) is 19.6 Å². The average Bonchev–Trinajstić information content (AvgIpc) is 2.45. The van der Waals surface area contributed by atoms with Crippen LogP contribution in [0.15, 0.2) is 5.16 Å². The van der Waals surface area contributed by atoms with Crippen LogP contribution in [0, 0.1) is 0 Å². The second-order valence-electron chi connectivity index (χ2n) is 7.83. The van der Waals surface area contributed by atoms with Gasteiger partial charge >= 0.3 is 12.1 Å². The minimum atomic E-state index is -0.749. The van der Waals surface area contributed by atoms with Crippen molar-refractivity contribution >= 4 is 30.8 Å². The summed E-state index contributed by atoms with van der Waals surface area (Å²) < 4.78 is 10.6. The fourth-order valence-corrected chi connectivity index (χ4v) is 1.86. The summed E-state index contributed by atoms with van der Waals surface area (Å²) in [4.78, 5) is 29.2. The average molecular weight is 410 g/mol. The first kappa shape index (κ1) is 27.5. The molecule has 2 N–H and O–H groups in total. The van der Waals surface area contributed by atoms with Crippen molar-refractivity contribution in [3.63, 3.8) is 0 Å². The lowest BCUT2D eigenvalue weighted by Gasteiger charge is -2.26. The van der Waals surface area contributed by atoms with E-state index >= 15 is 0 Å². The number of halogens is 1. The number of carbonyl (C=O) groups excluding carboxylic acids is 2. The molecule has 0 aromatic rings. The third kappa shape index (κ3) is 17.5. The molecule has 27 heavy (non-hydrogen) atoms. The van der Waals surface area contributed by atoms with Crippen molar-refractivity contribution in [1.29, 1.82) is 0 Å². The van der Waals surface area contributed by atoms with Crippen LogP contribution < -0.4 is 10.6 Å². The van der Waals surface area contributed by atoms with Crippen molar-refractivity contribution < 1.29 is 23.9 Å². The smallest absolute Gasteiger partial charge is 0.408 e. The molecule has 0 spiro atoms. The van der Waals surface area contributed by atoms with Gasteiger partial charge in [0, 0.05) is 6.54 Å². The fourth-order valence-electron chi connectivity index (χ4n) is 1.86. The molecule has 8 nitrogen and oxygen atoms in total. The number of rotatable bonds is 10. The van der Waals surface area contributed by atoms with Crippen LogP contribution in [0.3, 0.4) is 0 Å². The Labute approximate surface area is 169 Å². The van der Waals surface area contributed by atoms with Crippen LogP contribution in [0.5, 0.6) is 0 Å². The first-order chi connectivity index (χ1) is 11.9. The molecular weight excluding hydrogens is 374 g/mol. The maximum Gasteiger partial charge on any atom is 0.408 e. The molecular formula is C18H36ClN3O5. The van der Waals surface area contributed by atoms with Crippen LogP contribution in [-0.2, 0) is 19.1 Å². The molecule has 1 amide bonds. The number of hydrogen-bond donors (Lipinski definition) is 2. The van der Waals surface area contributed by atoms with E-state index in [1.54, 1.807) is 41.5 Å². The van der Waals surface area contributed by atoms with Gasteiger partial charge in [-0.05, 0) is 67.7 Å². The largest absolute Gasteiger partial charge is 0.458 e. The lowest BCUT2D eigenvalue weighted by molar-refractivity contribution is -0.157. The summed E-state index contributed by atoms with van der Waals surface area (Å²) in [7, 11) is 0. The summed E-state index contributed by atoms with van der Waals surface area (Å²) >= 11 is 0. The number of unbranched alkanes of at least 4 members (excludes halogenated alkanes) is 1. The van der Waals surface area contributed by atoms with Crippen molar-refractivity contribution in [3.05, 3.63) is 0 Å². The van der Waals surface area contributed by atoms with E-state index in [9.17, 15) is 9.59 Å². The minimum Gasteiger partial charge on any atom is -0.458 e. The number of alkyl carbamates (subject to hydrolysis) is 1. The van der Waals surface area contributed by atoms with E-state index in [1.165, 1.54) is 6.34 Å². The third-order valence-corrected chi connectivity index (χ3v) is 2.79. The second kappa shape index (κ2) is 13.5. The van der Waals surface area contributed by atoms with Crippen molar-refractivity contribution in [2.45, 2.75) is 85.0 Å². The van der Waals surface area contributed by atoms with Gasteiger partial charge in [-0.3, -0.25) is 0 Å². The highest BCUT2D eigenvalue weighted by atomic mass is 35.5. The summed E-state index contributed by atoms with van der Waals surface area (Å²) in [6, 6.07) is -0.749. The molecule has 0 bridgehead atoms. The predicted molar refractivity (Wildman–Crippen MR) is 108 cm³/mol. The Morgan fingerprint density at radius 1 is 1.04 bits per heavy atom. The van der Waals surface area contributed by atoms with Crippen molar-refractivity contribution in [2.75, 3.05) is 13.2 Å². The fraction of sp³-hybridized carbons (Fsp3) is 0.833. The zero-order chi connectivity index (χ0) is 20.2. The molecule has 0 aliphatic heterocycles. The van der Waals surface area contributed by atoms with Gasteiger partial charge in [-0.2, -0.15) is 0 Å². The molecule has 0 fully saturated rings. The number of oxime groups is 1. The lowest BCUT2D eigenvalue weighted by atomic mass is 10.1. The summed E-state index contributed by atoms with van der Waals surface area (Å²) in [5, 5.41) is 9.28. The van der Waals surface area contributed by atoms with Gasteiger partial charge in [0.1, 0.15) is 30.2 Å². The standard InChI is InChI=1S/C18H35N3O5.ClH/c1-8-24-20-13-19-12-10-9-11-14(15(22)25-17(2,3)4)21-16(23)26-18(5,6)7;/h13-14H,8-12H2,1-7H3,(H,19,20)(H,21,23);1H/t14-;/m0./s1. The van der Waals surface area contributed by atoms with Gasteiger partial charge in [0.05, 0.1) is 0 Å². The molecule has 0 rings (SSSR count). The number of amides is 1. The predicted octanol–water partition coefficient (Wildman–Crippen LogP) is 3.38. The van der Waals surface area contributed by atoms with E-state index in [-0.39, 0.29) is 12.4 Å². The van der Waals surface area contributed by atoms with Crippen molar-refractivity contribution in [1.82, 2.24) is 10.6 Å². The Morgan fingerprint density at radius 2 is 1.63 bits per heavy atom. The minimum absolute atomic E-state index is 0. The Hall–Kier alpha value is -1.70. The number of carbonyl (C=O) groups is 2. The van der Waals surface area contributed by atoms with Gasteiger partial charge < -0.3 is 24.9 Å². The Balaban J connectivity index is 0. The molecule has 1 atom stereocenters. The number of ether oxygens (including phenoxy) is 2. The molecule has 160 valence electrons.